The van der Waals surface area contributed by atoms with Crippen molar-refractivity contribution >= 4 is 21.5 Å². The topological polar surface area (TPSA) is 90.5 Å². The third-order valence-corrected chi connectivity index (χ3v) is 11.3. The van der Waals surface area contributed by atoms with Crippen LogP contribution >= 0.6 is 0 Å². The largest absolute Gasteiger partial charge is 0.326 e. The molecule has 42 heavy (non-hydrogen) atoms. The number of ketones is 1. The Kier molecular flexibility index (Phi) is 8.07. The number of H-pyrrole nitrogens is 1. The molecule has 3 aromatic rings. The number of aromatic nitrogens is 1. The van der Waals surface area contributed by atoms with Gasteiger partial charge >= 0.3 is 0 Å². The molecule has 0 saturated heterocycles. The van der Waals surface area contributed by atoms with Gasteiger partial charge in [0.1, 0.15) is 0 Å². The fourth-order valence-electron chi connectivity index (χ4n) is 6.36. The van der Waals surface area contributed by atoms with Crippen molar-refractivity contribution in [3.8, 4) is 11.1 Å². The minimum absolute atomic E-state index is 0.0879. The summed E-state index contributed by atoms with van der Waals surface area (Å²) in [6.45, 7) is 10.6. The normalized spacial score (nSPS) is 17.4. The standard InChI is InChI=1S/C34H41N3O4S/c1-7-14-34(15-16-34)42(40,41)37-20-23(3)32-29(31(38)13-12-28-22(2)17-24(4)35-33(28)39)18-27(19-30(32)37)26-10-8-25(9-11-26)21-36(5)6/h7-11,17-19,23H,1,12-16,20-21H2,2-6H3,(H,35,39). The molecule has 2 aliphatic rings. The van der Waals surface area contributed by atoms with E-state index in [1.807, 2.05) is 65.2 Å². The molecule has 0 amide bonds. The van der Waals surface area contributed by atoms with Crippen LogP contribution in [0.25, 0.3) is 11.1 Å². The number of allylic oxidation sites excluding steroid dienone is 1. The number of anilines is 1. The van der Waals surface area contributed by atoms with Crippen molar-refractivity contribution in [3.63, 3.8) is 0 Å². The number of fused-ring (bicyclic) bond motifs is 1. The van der Waals surface area contributed by atoms with E-state index < -0.39 is 14.8 Å². The van der Waals surface area contributed by atoms with Crippen molar-refractivity contribution in [2.75, 3.05) is 24.9 Å². The first-order valence-corrected chi connectivity index (χ1v) is 16.1. The Balaban J connectivity index is 1.58. The Morgan fingerprint density at radius 1 is 1.12 bits per heavy atom. The zero-order valence-corrected chi connectivity index (χ0v) is 26.1. The first-order chi connectivity index (χ1) is 19.9. The molecule has 1 aromatic heterocycles. The summed E-state index contributed by atoms with van der Waals surface area (Å²) in [5, 5.41) is 0. The third-order valence-electron chi connectivity index (χ3n) is 8.70. The van der Waals surface area contributed by atoms with Crippen LogP contribution in [0, 0.1) is 13.8 Å². The van der Waals surface area contributed by atoms with Crippen molar-refractivity contribution in [1.82, 2.24) is 9.88 Å². The molecule has 1 atom stereocenters. The van der Waals surface area contributed by atoms with Gasteiger partial charge in [0.05, 0.1) is 10.4 Å². The number of carbonyl (C=O) groups is 1. The predicted octanol–water partition coefficient (Wildman–Crippen LogP) is 5.90. The molecule has 2 heterocycles. The summed E-state index contributed by atoms with van der Waals surface area (Å²) in [6.07, 6.45) is 3.82. The molecule has 5 rings (SSSR count). The maximum Gasteiger partial charge on any atom is 0.251 e. The van der Waals surface area contributed by atoms with E-state index in [-0.39, 0.29) is 23.7 Å². The predicted molar refractivity (Wildman–Crippen MR) is 170 cm³/mol. The molecule has 1 aliphatic carbocycles. The number of aromatic amines is 1. The van der Waals surface area contributed by atoms with E-state index in [1.165, 1.54) is 0 Å². The van der Waals surface area contributed by atoms with Crippen molar-refractivity contribution in [2.45, 2.75) is 70.1 Å². The highest BCUT2D eigenvalue weighted by Gasteiger charge is 2.57. The summed E-state index contributed by atoms with van der Waals surface area (Å²) in [6, 6.07) is 14.0. The number of Topliss-reactive ketones (excluding diaryl/α,β-unsaturated/α-hetero) is 1. The molecule has 8 heteroatoms. The first kappa shape index (κ1) is 30.0. The van der Waals surface area contributed by atoms with Gasteiger partial charge in [0.25, 0.3) is 5.56 Å². The van der Waals surface area contributed by atoms with Gasteiger partial charge in [-0.05, 0) is 99.6 Å². The highest BCUT2D eigenvalue weighted by Crippen LogP contribution is 2.52. The van der Waals surface area contributed by atoms with Gasteiger partial charge < -0.3 is 9.88 Å². The number of benzene rings is 2. The van der Waals surface area contributed by atoms with Gasteiger partial charge in [0.2, 0.25) is 10.0 Å². The van der Waals surface area contributed by atoms with Gasteiger partial charge in [-0.3, -0.25) is 13.9 Å². The smallest absolute Gasteiger partial charge is 0.251 e. The lowest BCUT2D eigenvalue weighted by molar-refractivity contribution is 0.0981. The maximum atomic E-state index is 14.1. The average Bonchev–Trinajstić information content (AvgIpc) is 3.64. The van der Waals surface area contributed by atoms with Gasteiger partial charge in [-0.25, -0.2) is 8.42 Å². The number of hydrogen-bond donors (Lipinski definition) is 1. The van der Waals surface area contributed by atoms with Crippen LogP contribution in [0.2, 0.25) is 0 Å². The van der Waals surface area contributed by atoms with Gasteiger partial charge in [-0.1, -0.05) is 37.3 Å². The minimum atomic E-state index is -3.67. The lowest BCUT2D eigenvalue weighted by Crippen LogP contribution is -2.39. The second-order valence-electron chi connectivity index (χ2n) is 12.4. The second-order valence-corrected chi connectivity index (χ2v) is 14.6. The molecular formula is C34H41N3O4S. The lowest BCUT2D eigenvalue weighted by Gasteiger charge is -2.26. The van der Waals surface area contributed by atoms with Gasteiger partial charge in [-0.15, -0.1) is 6.58 Å². The van der Waals surface area contributed by atoms with Gasteiger partial charge in [0.15, 0.2) is 5.78 Å². The summed E-state index contributed by atoms with van der Waals surface area (Å²) < 4.78 is 28.9. The van der Waals surface area contributed by atoms with E-state index in [0.717, 1.165) is 40.1 Å². The zero-order chi connectivity index (χ0) is 30.4. The highest BCUT2D eigenvalue weighted by molar-refractivity contribution is 7.94. The van der Waals surface area contributed by atoms with Crippen LogP contribution < -0.4 is 9.86 Å². The molecule has 222 valence electrons. The number of aryl methyl sites for hydroxylation is 2. The SMILES string of the molecule is C=CCC1(S(=O)(=O)N2CC(C)c3c(C(=O)CCc4c(C)cc(C)[nH]c4=O)cc(-c4ccc(CN(C)C)cc4)cc32)CC1. The lowest BCUT2D eigenvalue weighted by atomic mass is 9.89. The van der Waals surface area contributed by atoms with Gasteiger partial charge in [-0.2, -0.15) is 0 Å². The Morgan fingerprint density at radius 2 is 1.81 bits per heavy atom. The van der Waals surface area contributed by atoms with Crippen LogP contribution in [0.4, 0.5) is 5.69 Å². The summed E-state index contributed by atoms with van der Waals surface area (Å²) in [5.41, 5.74) is 6.90. The van der Waals surface area contributed by atoms with Crippen LogP contribution in [-0.2, 0) is 23.0 Å². The van der Waals surface area contributed by atoms with Crippen LogP contribution in [0.1, 0.15) is 76.8 Å². The molecule has 0 radical (unpaired) electrons. The van der Waals surface area contributed by atoms with Crippen LogP contribution in [0.5, 0.6) is 0 Å². The summed E-state index contributed by atoms with van der Waals surface area (Å²) >= 11 is 0. The van der Waals surface area contributed by atoms with Crippen molar-refractivity contribution in [3.05, 3.63) is 99.0 Å². The minimum Gasteiger partial charge on any atom is -0.326 e. The third kappa shape index (κ3) is 5.50. The van der Waals surface area contributed by atoms with Gasteiger partial charge in [0, 0.05) is 42.2 Å². The van der Waals surface area contributed by atoms with Crippen LogP contribution in [0.15, 0.2) is 59.9 Å². The van der Waals surface area contributed by atoms with E-state index in [0.29, 0.717) is 49.0 Å². The number of pyridine rings is 1. The van der Waals surface area contributed by atoms with Crippen LogP contribution in [0.3, 0.4) is 0 Å². The maximum absolute atomic E-state index is 14.1. The Labute approximate surface area is 249 Å². The summed E-state index contributed by atoms with van der Waals surface area (Å²) in [5.74, 6) is -0.232. The highest BCUT2D eigenvalue weighted by atomic mass is 32.2. The second kappa shape index (κ2) is 11.3. The molecule has 0 spiro atoms. The number of hydrogen-bond acceptors (Lipinski definition) is 5. The fourth-order valence-corrected chi connectivity index (χ4v) is 8.61. The number of carbonyl (C=O) groups excluding carboxylic acids is 1. The first-order valence-electron chi connectivity index (χ1n) is 14.6. The van der Waals surface area contributed by atoms with E-state index in [1.54, 1.807) is 10.4 Å². The quantitative estimate of drug-likeness (QED) is 0.223. The summed E-state index contributed by atoms with van der Waals surface area (Å²) in [4.78, 5) is 31.5. The Bertz CT molecular complexity index is 1700. The van der Waals surface area contributed by atoms with Crippen molar-refractivity contribution in [1.29, 1.82) is 0 Å². The number of nitrogens with one attached hydrogen (secondary N) is 1. The van der Waals surface area contributed by atoms with E-state index in [4.69, 9.17) is 0 Å². The molecule has 1 N–H and O–H groups in total. The van der Waals surface area contributed by atoms with E-state index >= 15 is 0 Å². The van der Waals surface area contributed by atoms with Crippen molar-refractivity contribution < 1.29 is 13.2 Å². The summed E-state index contributed by atoms with van der Waals surface area (Å²) in [7, 11) is 0.375. The monoisotopic (exact) mass is 587 g/mol. The molecule has 1 saturated carbocycles. The zero-order valence-electron chi connectivity index (χ0n) is 25.3. The fraction of sp³-hybridized carbons (Fsp3) is 0.412. The van der Waals surface area contributed by atoms with E-state index in [9.17, 15) is 18.0 Å². The Hall–Kier alpha value is -3.49. The molecule has 2 aromatic carbocycles. The number of sulfonamides is 1. The molecule has 7 nitrogen and oxygen atoms in total. The molecule has 1 fully saturated rings. The number of rotatable bonds is 11. The molecule has 1 aliphatic heterocycles. The van der Waals surface area contributed by atoms with Crippen molar-refractivity contribution in [2.24, 2.45) is 0 Å². The van der Waals surface area contributed by atoms with E-state index in [2.05, 4.69) is 28.6 Å². The average molecular weight is 588 g/mol. The van der Waals surface area contributed by atoms with Crippen LogP contribution in [-0.4, -0.2) is 49.5 Å². The Morgan fingerprint density at radius 3 is 2.40 bits per heavy atom. The number of nitrogens with zero attached hydrogens (tertiary/aromatic N) is 2. The molecular weight excluding hydrogens is 546 g/mol. The molecule has 1 unspecified atom stereocenters. The molecule has 0 bridgehead atoms.